The maximum absolute atomic E-state index is 5.52. The molecule has 0 spiro atoms. The Morgan fingerprint density at radius 3 is 2.38 bits per heavy atom. The van der Waals surface area contributed by atoms with Gasteiger partial charge in [-0.15, -0.1) is 0 Å². The maximum Gasteiger partial charge on any atom is 0.197 e. The van der Waals surface area contributed by atoms with Crippen LogP contribution in [0.1, 0.15) is 56.9 Å². The van der Waals surface area contributed by atoms with Crippen LogP contribution in [0.4, 0.5) is 0 Å². The lowest BCUT2D eigenvalue weighted by Crippen LogP contribution is -1.83. The molecule has 1 aromatic heterocycles. The molecular formula is C11H19NO. The van der Waals surface area contributed by atoms with Crippen LogP contribution in [0.5, 0.6) is 0 Å². The fourth-order valence-electron chi connectivity index (χ4n) is 1.28. The van der Waals surface area contributed by atoms with Crippen LogP contribution in [0, 0.1) is 6.92 Å². The van der Waals surface area contributed by atoms with Gasteiger partial charge in [-0.3, -0.25) is 0 Å². The average Bonchev–Trinajstić information content (AvgIpc) is 2.94. The van der Waals surface area contributed by atoms with E-state index in [4.69, 9.17) is 4.42 Å². The zero-order valence-corrected chi connectivity index (χ0v) is 9.05. The number of aryl methyl sites for hydroxylation is 2. The molecule has 1 saturated carbocycles. The van der Waals surface area contributed by atoms with Gasteiger partial charge in [-0.05, 0) is 26.2 Å². The molecule has 1 heterocycles. The van der Waals surface area contributed by atoms with Crippen LogP contribution in [0.15, 0.2) is 4.42 Å². The molecule has 2 rings (SSSR count). The van der Waals surface area contributed by atoms with E-state index in [9.17, 15) is 0 Å². The highest BCUT2D eigenvalue weighted by molar-refractivity contribution is 5.12. The SMILES string of the molecule is CC.CCc1nc(C2CC2)oc1C. The van der Waals surface area contributed by atoms with Crippen molar-refractivity contribution in [2.24, 2.45) is 0 Å². The van der Waals surface area contributed by atoms with Gasteiger partial charge in [-0.1, -0.05) is 20.8 Å². The molecule has 1 aliphatic carbocycles. The van der Waals surface area contributed by atoms with Gasteiger partial charge in [0.25, 0.3) is 0 Å². The molecular weight excluding hydrogens is 162 g/mol. The molecule has 0 radical (unpaired) electrons. The van der Waals surface area contributed by atoms with Crippen LogP contribution >= 0.6 is 0 Å². The molecule has 0 unspecified atom stereocenters. The summed E-state index contributed by atoms with van der Waals surface area (Å²) in [7, 11) is 0. The lowest BCUT2D eigenvalue weighted by molar-refractivity contribution is 0.472. The highest BCUT2D eigenvalue weighted by Crippen LogP contribution is 2.39. The zero-order chi connectivity index (χ0) is 9.84. The van der Waals surface area contributed by atoms with Gasteiger partial charge in [-0.25, -0.2) is 4.98 Å². The third-order valence-electron chi connectivity index (χ3n) is 2.17. The van der Waals surface area contributed by atoms with Gasteiger partial charge in [0.1, 0.15) is 5.76 Å². The van der Waals surface area contributed by atoms with Crippen LogP contribution in [-0.4, -0.2) is 4.98 Å². The predicted molar refractivity (Wildman–Crippen MR) is 53.9 cm³/mol. The second-order valence-electron chi connectivity index (χ2n) is 3.18. The van der Waals surface area contributed by atoms with Crippen molar-refractivity contribution in [3.8, 4) is 0 Å². The van der Waals surface area contributed by atoms with Gasteiger partial charge in [0.05, 0.1) is 5.69 Å². The second kappa shape index (κ2) is 4.45. The number of nitrogens with zero attached hydrogens (tertiary/aromatic N) is 1. The van der Waals surface area contributed by atoms with Crippen molar-refractivity contribution in [1.82, 2.24) is 4.98 Å². The zero-order valence-electron chi connectivity index (χ0n) is 9.05. The second-order valence-corrected chi connectivity index (χ2v) is 3.18. The van der Waals surface area contributed by atoms with Crippen LogP contribution in [-0.2, 0) is 6.42 Å². The average molecular weight is 181 g/mol. The molecule has 2 nitrogen and oxygen atoms in total. The van der Waals surface area contributed by atoms with Crippen LogP contribution < -0.4 is 0 Å². The van der Waals surface area contributed by atoms with E-state index >= 15 is 0 Å². The molecule has 0 saturated heterocycles. The normalized spacial score (nSPS) is 15.1. The Kier molecular flexibility index (Phi) is 3.52. The summed E-state index contributed by atoms with van der Waals surface area (Å²) in [5.74, 6) is 2.63. The first-order valence-electron chi connectivity index (χ1n) is 5.27. The molecule has 2 heteroatoms. The Balaban J connectivity index is 0.000000396. The standard InChI is InChI=1S/C9H13NO.C2H6/c1-3-8-6(2)11-9(10-8)7-4-5-7;1-2/h7H,3-5H2,1-2H3;1-2H3. The third kappa shape index (κ3) is 2.33. The molecule has 0 bridgehead atoms. The molecule has 0 amide bonds. The monoisotopic (exact) mass is 181 g/mol. The van der Waals surface area contributed by atoms with Gasteiger partial charge < -0.3 is 4.42 Å². The highest BCUT2D eigenvalue weighted by atomic mass is 16.4. The summed E-state index contributed by atoms with van der Waals surface area (Å²) in [6, 6.07) is 0. The Morgan fingerprint density at radius 1 is 1.38 bits per heavy atom. The highest BCUT2D eigenvalue weighted by Gasteiger charge is 2.29. The quantitative estimate of drug-likeness (QED) is 0.698. The first-order valence-corrected chi connectivity index (χ1v) is 5.27. The number of oxazole rings is 1. The molecule has 1 fully saturated rings. The first-order chi connectivity index (χ1) is 6.31. The summed E-state index contributed by atoms with van der Waals surface area (Å²) in [4.78, 5) is 4.42. The Bertz CT molecular complexity index is 261. The Hall–Kier alpha value is -0.790. The van der Waals surface area contributed by atoms with E-state index in [-0.39, 0.29) is 0 Å². The molecule has 0 aliphatic heterocycles. The molecule has 0 atom stereocenters. The lowest BCUT2D eigenvalue weighted by Gasteiger charge is -1.84. The summed E-state index contributed by atoms with van der Waals surface area (Å²) in [6.45, 7) is 8.11. The minimum atomic E-state index is 0.647. The van der Waals surface area contributed by atoms with E-state index < -0.39 is 0 Å². The Labute approximate surface area is 80.4 Å². The fraction of sp³-hybridized carbons (Fsp3) is 0.727. The number of rotatable bonds is 2. The largest absolute Gasteiger partial charge is 0.445 e. The minimum Gasteiger partial charge on any atom is -0.445 e. The van der Waals surface area contributed by atoms with Gasteiger partial charge in [-0.2, -0.15) is 0 Å². The van der Waals surface area contributed by atoms with Crippen molar-refractivity contribution >= 4 is 0 Å². The van der Waals surface area contributed by atoms with Crippen LogP contribution in [0.25, 0.3) is 0 Å². The van der Waals surface area contributed by atoms with Crippen molar-refractivity contribution in [3.05, 3.63) is 17.3 Å². The van der Waals surface area contributed by atoms with Crippen LogP contribution in [0.2, 0.25) is 0 Å². The lowest BCUT2D eigenvalue weighted by atomic mass is 10.3. The minimum absolute atomic E-state index is 0.647. The smallest absolute Gasteiger partial charge is 0.197 e. The summed E-state index contributed by atoms with van der Waals surface area (Å²) in [6.07, 6.45) is 3.52. The van der Waals surface area contributed by atoms with E-state index in [1.54, 1.807) is 0 Å². The molecule has 1 aromatic rings. The summed E-state index contributed by atoms with van der Waals surface area (Å²) >= 11 is 0. The van der Waals surface area contributed by atoms with Crippen molar-refractivity contribution in [3.63, 3.8) is 0 Å². The number of hydrogen-bond donors (Lipinski definition) is 0. The fourth-order valence-corrected chi connectivity index (χ4v) is 1.28. The van der Waals surface area contributed by atoms with E-state index in [0.717, 1.165) is 23.8 Å². The maximum atomic E-state index is 5.52. The summed E-state index contributed by atoms with van der Waals surface area (Å²) in [5.41, 5.74) is 1.13. The van der Waals surface area contributed by atoms with Crippen molar-refractivity contribution in [2.45, 2.75) is 52.9 Å². The van der Waals surface area contributed by atoms with Crippen LogP contribution in [0.3, 0.4) is 0 Å². The topological polar surface area (TPSA) is 26.0 Å². The van der Waals surface area contributed by atoms with Gasteiger partial charge in [0, 0.05) is 5.92 Å². The van der Waals surface area contributed by atoms with Gasteiger partial charge in [0.2, 0.25) is 0 Å². The van der Waals surface area contributed by atoms with Crippen molar-refractivity contribution in [1.29, 1.82) is 0 Å². The number of aromatic nitrogens is 1. The summed E-state index contributed by atoms with van der Waals surface area (Å²) < 4.78 is 5.52. The van der Waals surface area contributed by atoms with E-state index in [1.165, 1.54) is 12.8 Å². The van der Waals surface area contributed by atoms with E-state index in [2.05, 4.69) is 11.9 Å². The van der Waals surface area contributed by atoms with Crippen molar-refractivity contribution < 1.29 is 4.42 Å². The van der Waals surface area contributed by atoms with Gasteiger partial charge in [0.15, 0.2) is 5.89 Å². The summed E-state index contributed by atoms with van der Waals surface area (Å²) in [5, 5.41) is 0. The third-order valence-corrected chi connectivity index (χ3v) is 2.17. The Morgan fingerprint density at radius 2 is 2.00 bits per heavy atom. The molecule has 74 valence electrons. The molecule has 1 aliphatic rings. The number of hydrogen-bond acceptors (Lipinski definition) is 2. The molecule has 13 heavy (non-hydrogen) atoms. The first kappa shape index (κ1) is 10.3. The van der Waals surface area contributed by atoms with E-state index in [1.807, 2.05) is 20.8 Å². The predicted octanol–water partition coefficient (Wildman–Crippen LogP) is 3.45. The van der Waals surface area contributed by atoms with Crippen molar-refractivity contribution in [2.75, 3.05) is 0 Å². The molecule has 0 aromatic carbocycles. The van der Waals surface area contributed by atoms with E-state index in [0.29, 0.717) is 5.92 Å². The molecule has 0 N–H and O–H groups in total. The van der Waals surface area contributed by atoms with Gasteiger partial charge >= 0.3 is 0 Å².